The number of sulfone groups is 1. The van der Waals surface area contributed by atoms with Crippen LogP contribution in [-0.2, 0) is 21.1 Å². The average molecular weight is 324 g/mol. The maximum atomic E-state index is 12.8. The Bertz CT molecular complexity index is 606. The third kappa shape index (κ3) is 4.30. The molecule has 1 saturated heterocycles. The van der Waals surface area contributed by atoms with Gasteiger partial charge in [0.25, 0.3) is 0 Å². The molecular formula is C16H24N2O3S. The second-order valence-electron chi connectivity index (χ2n) is 6.22. The Balaban J connectivity index is 2.20. The number of benzene rings is 1. The quantitative estimate of drug-likeness (QED) is 0.892. The van der Waals surface area contributed by atoms with Crippen LogP contribution in [0.1, 0.15) is 19.4 Å². The zero-order chi connectivity index (χ0) is 16.3. The van der Waals surface area contributed by atoms with Crippen molar-refractivity contribution in [3.63, 3.8) is 0 Å². The van der Waals surface area contributed by atoms with E-state index >= 15 is 0 Å². The zero-order valence-corrected chi connectivity index (χ0v) is 14.1. The van der Waals surface area contributed by atoms with Crippen molar-refractivity contribution in [3.8, 4) is 0 Å². The van der Waals surface area contributed by atoms with Crippen LogP contribution in [-0.4, -0.2) is 55.9 Å². The van der Waals surface area contributed by atoms with Gasteiger partial charge in [0.05, 0.1) is 0 Å². The molecule has 0 unspecified atom stereocenters. The number of nitrogens with zero attached hydrogens (tertiary/aromatic N) is 1. The molecule has 0 bridgehead atoms. The first-order valence-electron chi connectivity index (χ1n) is 7.55. The van der Waals surface area contributed by atoms with Crippen molar-refractivity contribution in [3.05, 3.63) is 35.9 Å². The number of hydrogen-bond acceptors (Lipinski definition) is 4. The molecule has 1 aliphatic rings. The van der Waals surface area contributed by atoms with Gasteiger partial charge in [0.1, 0.15) is 5.25 Å². The molecule has 3 atom stereocenters. The highest BCUT2D eigenvalue weighted by atomic mass is 32.2. The SMILES string of the molecule is C[C@@H]1CN(C(=O)[C@@H](Cc2ccccc2)S(C)(=O)=O)C[C@H](C)N1. The minimum Gasteiger partial charge on any atom is -0.338 e. The summed E-state index contributed by atoms with van der Waals surface area (Å²) in [4.78, 5) is 14.4. The van der Waals surface area contributed by atoms with Crippen molar-refractivity contribution in [2.45, 2.75) is 37.6 Å². The van der Waals surface area contributed by atoms with Crippen LogP contribution in [0.25, 0.3) is 0 Å². The summed E-state index contributed by atoms with van der Waals surface area (Å²) < 4.78 is 24.2. The molecule has 0 aliphatic carbocycles. The minimum atomic E-state index is -3.46. The van der Waals surface area contributed by atoms with Crippen LogP contribution in [0.5, 0.6) is 0 Å². The first-order valence-corrected chi connectivity index (χ1v) is 9.50. The average Bonchev–Trinajstić information content (AvgIpc) is 2.43. The number of carbonyl (C=O) groups is 1. The zero-order valence-electron chi connectivity index (χ0n) is 13.3. The van der Waals surface area contributed by atoms with Crippen molar-refractivity contribution in [1.29, 1.82) is 0 Å². The fourth-order valence-electron chi connectivity index (χ4n) is 2.96. The largest absolute Gasteiger partial charge is 0.338 e. The maximum absolute atomic E-state index is 12.8. The van der Waals surface area contributed by atoms with E-state index in [9.17, 15) is 13.2 Å². The molecule has 1 aromatic carbocycles. The van der Waals surface area contributed by atoms with Crippen LogP contribution < -0.4 is 5.32 Å². The smallest absolute Gasteiger partial charge is 0.241 e. The molecule has 1 fully saturated rings. The Labute approximate surface area is 132 Å². The van der Waals surface area contributed by atoms with Crippen LogP contribution in [0, 0.1) is 0 Å². The summed E-state index contributed by atoms with van der Waals surface area (Å²) in [6.45, 7) is 5.10. The van der Waals surface area contributed by atoms with E-state index < -0.39 is 15.1 Å². The van der Waals surface area contributed by atoms with Gasteiger partial charge in [0.15, 0.2) is 9.84 Å². The Morgan fingerprint density at radius 1 is 1.23 bits per heavy atom. The highest BCUT2D eigenvalue weighted by molar-refractivity contribution is 7.92. The standard InChI is InChI=1S/C16H24N2O3S/c1-12-10-18(11-13(2)17-12)16(19)15(22(3,20)21)9-14-7-5-4-6-8-14/h4-8,12-13,15,17H,9-11H2,1-3H3/t12-,13+,15-/m1/s1. The van der Waals surface area contributed by atoms with Crippen LogP contribution in [0.15, 0.2) is 30.3 Å². The first kappa shape index (κ1) is 17.0. The van der Waals surface area contributed by atoms with Crippen LogP contribution in [0.2, 0.25) is 0 Å². The lowest BCUT2D eigenvalue weighted by Crippen LogP contribution is -2.58. The molecule has 1 aromatic rings. The molecule has 2 rings (SSSR count). The van der Waals surface area contributed by atoms with E-state index in [0.717, 1.165) is 11.8 Å². The summed E-state index contributed by atoms with van der Waals surface area (Å²) in [6.07, 6.45) is 1.37. The van der Waals surface area contributed by atoms with Gasteiger partial charge in [-0.2, -0.15) is 0 Å². The second-order valence-corrected chi connectivity index (χ2v) is 8.45. The van der Waals surface area contributed by atoms with E-state index in [1.165, 1.54) is 0 Å². The van der Waals surface area contributed by atoms with E-state index in [1.54, 1.807) is 4.90 Å². The Kier molecular flexibility index (Phi) is 5.24. The second kappa shape index (κ2) is 6.79. The summed E-state index contributed by atoms with van der Waals surface area (Å²) >= 11 is 0. The van der Waals surface area contributed by atoms with Gasteiger partial charge in [-0.15, -0.1) is 0 Å². The topological polar surface area (TPSA) is 66.5 Å². The monoisotopic (exact) mass is 324 g/mol. The Hall–Kier alpha value is -1.40. The number of rotatable bonds is 4. The predicted octanol–water partition coefficient (Wildman–Crippen LogP) is 0.851. The summed E-state index contributed by atoms with van der Waals surface area (Å²) in [6, 6.07) is 9.64. The van der Waals surface area contributed by atoms with Crippen LogP contribution in [0.4, 0.5) is 0 Å². The van der Waals surface area contributed by atoms with E-state index in [-0.39, 0.29) is 24.4 Å². The van der Waals surface area contributed by atoms with E-state index in [1.807, 2.05) is 44.2 Å². The van der Waals surface area contributed by atoms with E-state index in [2.05, 4.69) is 5.32 Å². The van der Waals surface area contributed by atoms with Gasteiger partial charge in [-0.1, -0.05) is 30.3 Å². The molecule has 122 valence electrons. The molecule has 1 amide bonds. The molecule has 0 radical (unpaired) electrons. The third-order valence-electron chi connectivity index (χ3n) is 3.93. The highest BCUT2D eigenvalue weighted by Gasteiger charge is 2.35. The Morgan fingerprint density at radius 2 is 1.77 bits per heavy atom. The number of hydrogen-bond donors (Lipinski definition) is 1. The summed E-state index contributed by atoms with van der Waals surface area (Å²) in [5.74, 6) is -0.286. The van der Waals surface area contributed by atoms with Crippen LogP contribution in [0.3, 0.4) is 0 Å². The van der Waals surface area contributed by atoms with Gasteiger partial charge in [-0.05, 0) is 25.8 Å². The normalized spacial score (nSPS) is 24.0. The van der Waals surface area contributed by atoms with Gasteiger partial charge < -0.3 is 10.2 Å². The minimum absolute atomic E-state index is 0.171. The van der Waals surface area contributed by atoms with E-state index in [4.69, 9.17) is 0 Å². The van der Waals surface area contributed by atoms with E-state index in [0.29, 0.717) is 13.1 Å². The van der Waals surface area contributed by atoms with Crippen molar-refractivity contribution in [2.24, 2.45) is 0 Å². The summed E-state index contributed by atoms with van der Waals surface area (Å²) in [7, 11) is -3.46. The first-order chi connectivity index (χ1) is 10.3. The maximum Gasteiger partial charge on any atom is 0.241 e. The number of carbonyl (C=O) groups excluding carboxylic acids is 1. The van der Waals surface area contributed by atoms with Crippen molar-refractivity contribution < 1.29 is 13.2 Å². The predicted molar refractivity (Wildman–Crippen MR) is 87.4 cm³/mol. The van der Waals surface area contributed by atoms with Crippen LogP contribution >= 0.6 is 0 Å². The molecule has 0 spiro atoms. The van der Waals surface area contributed by atoms with Gasteiger partial charge in [-0.25, -0.2) is 8.42 Å². The van der Waals surface area contributed by atoms with Gasteiger partial charge >= 0.3 is 0 Å². The molecule has 0 saturated carbocycles. The number of nitrogens with one attached hydrogen (secondary N) is 1. The highest BCUT2D eigenvalue weighted by Crippen LogP contribution is 2.15. The molecule has 1 aliphatic heterocycles. The lowest BCUT2D eigenvalue weighted by Gasteiger charge is -2.37. The Morgan fingerprint density at radius 3 is 2.27 bits per heavy atom. The lowest BCUT2D eigenvalue weighted by atomic mass is 10.1. The number of amides is 1. The fourth-order valence-corrected chi connectivity index (χ4v) is 3.97. The van der Waals surface area contributed by atoms with Crippen molar-refractivity contribution in [2.75, 3.05) is 19.3 Å². The number of piperazine rings is 1. The molecule has 5 nitrogen and oxygen atoms in total. The molecular weight excluding hydrogens is 300 g/mol. The van der Waals surface area contributed by atoms with Crippen molar-refractivity contribution >= 4 is 15.7 Å². The van der Waals surface area contributed by atoms with Gasteiger partial charge in [0, 0.05) is 31.4 Å². The van der Waals surface area contributed by atoms with Gasteiger partial charge in [0.2, 0.25) is 5.91 Å². The molecule has 1 heterocycles. The lowest BCUT2D eigenvalue weighted by molar-refractivity contribution is -0.132. The van der Waals surface area contributed by atoms with Crippen molar-refractivity contribution in [1.82, 2.24) is 10.2 Å². The summed E-state index contributed by atoms with van der Waals surface area (Å²) in [5, 5.41) is 2.34. The summed E-state index contributed by atoms with van der Waals surface area (Å²) in [5.41, 5.74) is 0.863. The molecule has 0 aromatic heterocycles. The van der Waals surface area contributed by atoms with Gasteiger partial charge in [-0.3, -0.25) is 4.79 Å². The molecule has 22 heavy (non-hydrogen) atoms. The third-order valence-corrected chi connectivity index (χ3v) is 5.33. The molecule has 1 N–H and O–H groups in total. The molecule has 6 heteroatoms. The fraction of sp³-hybridized carbons (Fsp3) is 0.562.